The number of benzene rings is 2. The molecule has 0 aliphatic heterocycles. The highest BCUT2D eigenvalue weighted by atomic mass is 32.2. The molecule has 0 aromatic heterocycles. The number of carbonyl (C=O) groups excluding carboxylic acids is 2. The Morgan fingerprint density at radius 1 is 1.12 bits per heavy atom. The van der Waals surface area contributed by atoms with Gasteiger partial charge in [0.05, 0.1) is 17.9 Å². The fraction of sp³-hybridized carbons (Fsp3) is 0.333. The van der Waals surface area contributed by atoms with Crippen LogP contribution in [0.1, 0.15) is 39.5 Å². The van der Waals surface area contributed by atoms with Crippen LogP contribution in [0.25, 0.3) is 0 Å². The van der Waals surface area contributed by atoms with Crippen molar-refractivity contribution in [1.29, 1.82) is 0 Å². The second-order valence-corrected chi connectivity index (χ2v) is 7.62. The lowest BCUT2D eigenvalue weighted by Crippen LogP contribution is -2.30. The van der Waals surface area contributed by atoms with Crippen molar-refractivity contribution in [1.82, 2.24) is 5.32 Å². The molecule has 0 aliphatic rings. The highest BCUT2D eigenvalue weighted by Crippen LogP contribution is 2.21. The van der Waals surface area contributed by atoms with Crippen molar-refractivity contribution in [2.24, 2.45) is 0 Å². The smallest absolute Gasteiger partial charge is 0.337 e. The molecule has 2 rings (SSSR count). The van der Waals surface area contributed by atoms with Gasteiger partial charge in [-0.3, -0.25) is 4.79 Å². The Bertz CT molecular complexity index is 771. The Morgan fingerprint density at radius 2 is 1.81 bits per heavy atom. The summed E-state index contributed by atoms with van der Waals surface area (Å²) in [6.45, 7) is 6.54. The summed E-state index contributed by atoms with van der Waals surface area (Å²) >= 11 is 1.63. The van der Waals surface area contributed by atoms with Gasteiger partial charge >= 0.3 is 5.97 Å². The molecule has 0 bridgehead atoms. The average Bonchev–Trinajstić information content (AvgIpc) is 2.66. The van der Waals surface area contributed by atoms with Gasteiger partial charge in [0.1, 0.15) is 0 Å². The fourth-order valence-electron chi connectivity index (χ4n) is 2.46. The van der Waals surface area contributed by atoms with Crippen molar-refractivity contribution in [3.63, 3.8) is 0 Å². The lowest BCUT2D eigenvalue weighted by Gasteiger charge is -2.13. The summed E-state index contributed by atoms with van der Waals surface area (Å²) in [6, 6.07) is 13.4. The highest BCUT2D eigenvalue weighted by molar-refractivity contribution is 7.99. The molecule has 0 aliphatic carbocycles. The number of hydrogen-bond acceptors (Lipinski definition) is 4. The number of hydrogen-bond donors (Lipinski definition) is 1. The molecule has 0 radical (unpaired) electrons. The Morgan fingerprint density at radius 3 is 2.46 bits per heavy atom. The van der Waals surface area contributed by atoms with Crippen LogP contribution in [0, 0.1) is 13.8 Å². The first kappa shape index (κ1) is 20.0. The molecule has 1 N–H and O–H groups in total. The first-order valence-corrected chi connectivity index (χ1v) is 9.58. The Labute approximate surface area is 159 Å². The van der Waals surface area contributed by atoms with Crippen LogP contribution >= 0.6 is 11.8 Å². The van der Waals surface area contributed by atoms with Gasteiger partial charge in [0.25, 0.3) is 0 Å². The van der Waals surface area contributed by atoms with Crippen LogP contribution in [-0.2, 0) is 21.8 Å². The molecule has 5 heteroatoms. The van der Waals surface area contributed by atoms with Gasteiger partial charge in [0.15, 0.2) is 0 Å². The van der Waals surface area contributed by atoms with Gasteiger partial charge in [-0.25, -0.2) is 4.79 Å². The molecule has 0 saturated heterocycles. The van der Waals surface area contributed by atoms with Crippen LogP contribution in [0.4, 0.5) is 0 Å². The molecule has 0 heterocycles. The molecule has 26 heavy (non-hydrogen) atoms. The quantitative estimate of drug-likeness (QED) is 0.747. The van der Waals surface area contributed by atoms with E-state index in [1.165, 1.54) is 23.8 Å². The summed E-state index contributed by atoms with van der Waals surface area (Å²) in [5.41, 5.74) is 5.20. The topological polar surface area (TPSA) is 55.4 Å². The maximum Gasteiger partial charge on any atom is 0.337 e. The second-order valence-electron chi connectivity index (χ2n) is 6.29. The third-order valence-corrected chi connectivity index (χ3v) is 5.40. The summed E-state index contributed by atoms with van der Waals surface area (Å²) in [5, 5.41) is 2.81. The molecule has 0 fully saturated rings. The number of esters is 1. The van der Waals surface area contributed by atoms with E-state index < -0.39 is 0 Å². The van der Waals surface area contributed by atoms with E-state index in [1.54, 1.807) is 23.9 Å². The van der Waals surface area contributed by atoms with Crippen LogP contribution in [0.3, 0.4) is 0 Å². The van der Waals surface area contributed by atoms with Gasteiger partial charge in [-0.05, 0) is 49.6 Å². The van der Waals surface area contributed by atoms with E-state index in [9.17, 15) is 9.59 Å². The summed E-state index contributed by atoms with van der Waals surface area (Å²) in [7, 11) is 1.35. The van der Waals surface area contributed by atoms with Crippen molar-refractivity contribution < 1.29 is 14.3 Å². The molecular weight excluding hydrogens is 346 g/mol. The molecule has 2 aromatic rings. The fourth-order valence-corrected chi connectivity index (χ4v) is 3.43. The third-order valence-electron chi connectivity index (χ3n) is 4.20. The van der Waals surface area contributed by atoms with E-state index in [2.05, 4.69) is 42.1 Å². The second kappa shape index (κ2) is 9.43. The van der Waals surface area contributed by atoms with Crippen molar-refractivity contribution in [2.45, 2.75) is 38.3 Å². The number of methoxy groups -OCH3 is 1. The highest BCUT2D eigenvalue weighted by Gasteiger charge is 2.14. The van der Waals surface area contributed by atoms with Gasteiger partial charge in [-0.1, -0.05) is 35.9 Å². The molecule has 1 unspecified atom stereocenters. The number of ether oxygens (including phenoxy) is 1. The van der Waals surface area contributed by atoms with Crippen LogP contribution in [-0.4, -0.2) is 24.2 Å². The molecule has 1 amide bonds. The van der Waals surface area contributed by atoms with Gasteiger partial charge in [0, 0.05) is 12.3 Å². The van der Waals surface area contributed by atoms with E-state index in [0.717, 1.165) is 11.3 Å². The Kier molecular flexibility index (Phi) is 7.27. The minimum Gasteiger partial charge on any atom is -0.465 e. The minimum atomic E-state index is -0.364. The largest absolute Gasteiger partial charge is 0.465 e. The minimum absolute atomic E-state index is 0.0114. The van der Waals surface area contributed by atoms with Crippen molar-refractivity contribution in [3.05, 3.63) is 70.3 Å². The molecule has 138 valence electrons. The molecule has 2 aromatic carbocycles. The summed E-state index contributed by atoms with van der Waals surface area (Å²) in [5.74, 6) is 0.463. The van der Waals surface area contributed by atoms with Gasteiger partial charge < -0.3 is 10.1 Å². The monoisotopic (exact) mass is 371 g/mol. The first-order chi connectivity index (χ1) is 12.4. The van der Waals surface area contributed by atoms with Crippen LogP contribution in [0.15, 0.2) is 42.5 Å². The van der Waals surface area contributed by atoms with Crippen molar-refractivity contribution in [2.75, 3.05) is 7.11 Å². The Balaban J connectivity index is 1.83. The lowest BCUT2D eigenvalue weighted by molar-refractivity contribution is -0.120. The molecule has 0 spiro atoms. The lowest BCUT2D eigenvalue weighted by atomic mass is 10.1. The number of aryl methyl sites for hydroxylation is 2. The molecule has 1 atom stereocenters. The van der Waals surface area contributed by atoms with Crippen LogP contribution < -0.4 is 5.32 Å². The summed E-state index contributed by atoms with van der Waals surface area (Å²) in [4.78, 5) is 23.7. The van der Waals surface area contributed by atoms with Gasteiger partial charge in [-0.15, -0.1) is 11.8 Å². The average molecular weight is 372 g/mol. The first-order valence-electron chi connectivity index (χ1n) is 8.53. The summed E-state index contributed by atoms with van der Waals surface area (Å²) < 4.78 is 4.67. The van der Waals surface area contributed by atoms with E-state index >= 15 is 0 Å². The maximum atomic E-state index is 12.3. The Hall–Kier alpha value is -2.27. The number of nitrogens with one attached hydrogen (secondary N) is 1. The van der Waals surface area contributed by atoms with E-state index in [0.29, 0.717) is 12.1 Å². The van der Waals surface area contributed by atoms with E-state index in [-0.39, 0.29) is 17.1 Å². The number of thioether (sulfide) groups is 1. The summed E-state index contributed by atoms with van der Waals surface area (Å²) in [6.07, 6.45) is 0. The standard InChI is InChI=1S/C21H25NO3S/c1-14-5-6-15(2)19(11-14)13-26-16(3)20(23)22-12-17-7-9-18(10-8-17)21(24)25-4/h5-11,16H,12-13H2,1-4H3,(H,22,23). The van der Waals surface area contributed by atoms with Gasteiger partial charge in [-0.2, -0.15) is 0 Å². The molecule has 0 saturated carbocycles. The van der Waals surface area contributed by atoms with E-state index in [1.807, 2.05) is 19.1 Å². The number of rotatable bonds is 7. The van der Waals surface area contributed by atoms with E-state index in [4.69, 9.17) is 0 Å². The predicted octanol–water partition coefficient (Wildman–Crippen LogP) is 4.03. The van der Waals surface area contributed by atoms with Crippen LogP contribution in [0.5, 0.6) is 0 Å². The van der Waals surface area contributed by atoms with Crippen molar-refractivity contribution >= 4 is 23.6 Å². The molecular formula is C21H25NO3S. The zero-order chi connectivity index (χ0) is 19.1. The van der Waals surface area contributed by atoms with Gasteiger partial charge in [0.2, 0.25) is 5.91 Å². The van der Waals surface area contributed by atoms with Crippen molar-refractivity contribution in [3.8, 4) is 0 Å². The zero-order valence-electron chi connectivity index (χ0n) is 15.7. The van der Waals surface area contributed by atoms with Crippen LogP contribution in [0.2, 0.25) is 0 Å². The normalized spacial score (nSPS) is 11.7. The zero-order valence-corrected chi connectivity index (χ0v) is 16.5. The maximum absolute atomic E-state index is 12.3. The SMILES string of the molecule is COC(=O)c1ccc(CNC(=O)C(C)SCc2cc(C)ccc2C)cc1. The number of carbonyl (C=O) groups is 2. The molecule has 4 nitrogen and oxygen atoms in total. The third kappa shape index (κ3) is 5.63. The predicted molar refractivity (Wildman–Crippen MR) is 106 cm³/mol. The number of amides is 1.